The van der Waals surface area contributed by atoms with Gasteiger partial charge in [0.05, 0.1) is 17.6 Å². The number of carbonyl (C=O) groups excluding carboxylic acids is 1. The highest BCUT2D eigenvalue weighted by molar-refractivity contribution is 5.81. The second-order valence-electron chi connectivity index (χ2n) is 7.17. The van der Waals surface area contributed by atoms with E-state index in [2.05, 4.69) is 27.3 Å². The van der Waals surface area contributed by atoms with Gasteiger partial charge in [-0.2, -0.15) is 0 Å². The molecule has 0 aliphatic carbocycles. The van der Waals surface area contributed by atoms with Crippen molar-refractivity contribution in [1.82, 2.24) is 14.9 Å². The number of carbonyl (C=O) groups is 1. The van der Waals surface area contributed by atoms with Gasteiger partial charge in [-0.05, 0) is 24.1 Å². The minimum atomic E-state index is -0.0371. The maximum atomic E-state index is 12.4. The molecule has 0 saturated carbocycles. The van der Waals surface area contributed by atoms with Crippen molar-refractivity contribution in [3.8, 4) is 0 Å². The molecule has 7 nitrogen and oxygen atoms in total. The summed E-state index contributed by atoms with van der Waals surface area (Å²) < 4.78 is 1.83. The van der Waals surface area contributed by atoms with Crippen LogP contribution in [-0.4, -0.2) is 22.0 Å². The van der Waals surface area contributed by atoms with Crippen molar-refractivity contribution in [3.05, 3.63) is 40.5 Å². The number of fused-ring (bicyclic) bond motifs is 1. The SMILES string of the molecule is CCCCCCCCCCCNC(=O)Cn1c(CN=[N+]=[N-])nc2ccccc21. The highest BCUT2D eigenvalue weighted by Crippen LogP contribution is 2.16. The zero-order valence-corrected chi connectivity index (χ0v) is 16.9. The fourth-order valence-electron chi connectivity index (χ4n) is 3.38. The zero-order valence-electron chi connectivity index (χ0n) is 16.9. The summed E-state index contributed by atoms with van der Waals surface area (Å²) in [7, 11) is 0. The van der Waals surface area contributed by atoms with E-state index in [-0.39, 0.29) is 19.0 Å². The van der Waals surface area contributed by atoms with Gasteiger partial charge in [-0.25, -0.2) is 4.98 Å². The van der Waals surface area contributed by atoms with Gasteiger partial charge in [0.25, 0.3) is 0 Å². The number of azide groups is 1. The molecule has 152 valence electrons. The quantitative estimate of drug-likeness (QED) is 0.202. The third-order valence-corrected chi connectivity index (χ3v) is 4.91. The van der Waals surface area contributed by atoms with Crippen LogP contribution in [0.15, 0.2) is 29.4 Å². The number of rotatable bonds is 14. The summed E-state index contributed by atoms with van der Waals surface area (Å²) in [6, 6.07) is 7.64. The maximum Gasteiger partial charge on any atom is 0.240 e. The van der Waals surface area contributed by atoms with Crippen molar-refractivity contribution in [1.29, 1.82) is 0 Å². The number of para-hydroxylation sites is 2. The number of unbranched alkanes of at least 4 members (excludes halogenated alkanes) is 8. The van der Waals surface area contributed by atoms with E-state index in [0.29, 0.717) is 12.4 Å². The van der Waals surface area contributed by atoms with E-state index in [1.165, 1.54) is 44.9 Å². The van der Waals surface area contributed by atoms with Crippen molar-refractivity contribution in [2.75, 3.05) is 6.54 Å². The molecule has 0 aliphatic heterocycles. The molecule has 0 radical (unpaired) electrons. The highest BCUT2D eigenvalue weighted by Gasteiger charge is 2.12. The molecule has 0 saturated heterocycles. The molecule has 0 atom stereocenters. The minimum absolute atomic E-state index is 0.0371. The van der Waals surface area contributed by atoms with Crippen LogP contribution in [-0.2, 0) is 17.9 Å². The smallest absolute Gasteiger partial charge is 0.240 e. The van der Waals surface area contributed by atoms with Gasteiger partial charge in [-0.3, -0.25) is 4.79 Å². The Morgan fingerprint density at radius 1 is 1.11 bits per heavy atom. The van der Waals surface area contributed by atoms with E-state index in [4.69, 9.17) is 5.53 Å². The number of aromatic nitrogens is 2. The molecule has 1 N–H and O–H groups in total. The summed E-state index contributed by atoms with van der Waals surface area (Å²) in [4.78, 5) is 19.6. The normalized spacial score (nSPS) is 10.8. The Balaban J connectivity index is 1.72. The largest absolute Gasteiger partial charge is 0.355 e. The average Bonchev–Trinajstić information content (AvgIpc) is 3.05. The van der Waals surface area contributed by atoms with Crippen LogP contribution in [0.4, 0.5) is 0 Å². The van der Waals surface area contributed by atoms with Gasteiger partial charge >= 0.3 is 0 Å². The van der Waals surface area contributed by atoms with Gasteiger partial charge in [0.1, 0.15) is 12.4 Å². The Hall–Kier alpha value is -2.53. The molecule has 7 heteroatoms. The Morgan fingerprint density at radius 2 is 1.79 bits per heavy atom. The van der Waals surface area contributed by atoms with Gasteiger partial charge in [-0.15, -0.1) is 0 Å². The van der Waals surface area contributed by atoms with Gasteiger partial charge in [0.2, 0.25) is 5.91 Å². The van der Waals surface area contributed by atoms with E-state index in [1.54, 1.807) is 0 Å². The number of benzene rings is 1. The fourth-order valence-corrected chi connectivity index (χ4v) is 3.38. The summed E-state index contributed by atoms with van der Waals surface area (Å²) in [6.45, 7) is 3.27. The van der Waals surface area contributed by atoms with Crippen molar-refractivity contribution in [2.24, 2.45) is 5.11 Å². The first kappa shape index (κ1) is 21.8. The molecule has 0 unspecified atom stereocenters. The lowest BCUT2D eigenvalue weighted by atomic mass is 10.1. The summed E-state index contributed by atoms with van der Waals surface area (Å²) >= 11 is 0. The topological polar surface area (TPSA) is 95.7 Å². The Bertz CT molecular complexity index is 778. The van der Waals surface area contributed by atoms with E-state index >= 15 is 0 Å². The van der Waals surface area contributed by atoms with Crippen LogP contribution < -0.4 is 5.32 Å². The molecule has 2 aromatic rings. The lowest BCUT2D eigenvalue weighted by molar-refractivity contribution is -0.121. The summed E-state index contributed by atoms with van der Waals surface area (Å²) in [5, 5.41) is 6.59. The lowest BCUT2D eigenvalue weighted by Gasteiger charge is -2.09. The van der Waals surface area contributed by atoms with Gasteiger partial charge < -0.3 is 9.88 Å². The van der Waals surface area contributed by atoms with E-state index in [1.807, 2.05) is 28.8 Å². The number of hydrogen-bond donors (Lipinski definition) is 1. The fraction of sp³-hybridized carbons (Fsp3) is 0.619. The first-order valence-corrected chi connectivity index (χ1v) is 10.5. The molecule has 0 aliphatic rings. The standard InChI is InChI=1S/C21H32N6O/c1-2-3-4-5-6-7-8-9-12-15-23-21(28)17-27-19-14-11-10-13-18(19)25-20(27)16-24-26-22/h10-11,13-14H,2-9,12,15-17H2,1H3,(H,23,28). The van der Waals surface area contributed by atoms with Crippen LogP contribution in [0.3, 0.4) is 0 Å². The first-order chi connectivity index (χ1) is 13.8. The molecule has 0 spiro atoms. The molecule has 1 heterocycles. The Labute approximate surface area is 167 Å². The summed E-state index contributed by atoms with van der Waals surface area (Å²) in [6.07, 6.45) is 11.4. The van der Waals surface area contributed by atoms with Crippen LogP contribution >= 0.6 is 0 Å². The van der Waals surface area contributed by atoms with E-state index in [9.17, 15) is 4.79 Å². The van der Waals surface area contributed by atoms with Crippen molar-refractivity contribution >= 4 is 16.9 Å². The van der Waals surface area contributed by atoms with Crippen LogP contribution in [0.2, 0.25) is 0 Å². The van der Waals surface area contributed by atoms with E-state index in [0.717, 1.165) is 23.9 Å². The van der Waals surface area contributed by atoms with Crippen molar-refractivity contribution < 1.29 is 4.79 Å². The van der Waals surface area contributed by atoms with Gasteiger partial charge in [0, 0.05) is 11.5 Å². The molecule has 2 rings (SSSR count). The molecular formula is C21H32N6O. The highest BCUT2D eigenvalue weighted by atomic mass is 16.1. The van der Waals surface area contributed by atoms with Crippen molar-refractivity contribution in [2.45, 2.75) is 77.8 Å². The Kier molecular flexibility index (Phi) is 9.94. The van der Waals surface area contributed by atoms with E-state index < -0.39 is 0 Å². The summed E-state index contributed by atoms with van der Waals surface area (Å²) in [5.74, 6) is 0.571. The Morgan fingerprint density at radius 3 is 2.50 bits per heavy atom. The minimum Gasteiger partial charge on any atom is -0.355 e. The number of nitrogens with zero attached hydrogens (tertiary/aromatic N) is 5. The number of imidazole rings is 1. The number of amides is 1. The molecule has 0 fully saturated rings. The number of nitrogens with one attached hydrogen (secondary N) is 1. The van der Waals surface area contributed by atoms with Crippen LogP contribution in [0, 0.1) is 0 Å². The van der Waals surface area contributed by atoms with Gasteiger partial charge in [0.15, 0.2) is 0 Å². The first-order valence-electron chi connectivity index (χ1n) is 10.5. The van der Waals surface area contributed by atoms with Gasteiger partial charge in [-0.1, -0.05) is 75.5 Å². The molecule has 1 aromatic heterocycles. The van der Waals surface area contributed by atoms with Crippen LogP contribution in [0.25, 0.3) is 21.5 Å². The molecule has 0 bridgehead atoms. The molecule has 28 heavy (non-hydrogen) atoms. The molecule has 1 amide bonds. The monoisotopic (exact) mass is 384 g/mol. The predicted octanol–water partition coefficient (Wildman–Crippen LogP) is 5.49. The van der Waals surface area contributed by atoms with Crippen LogP contribution in [0.1, 0.15) is 70.5 Å². The third-order valence-electron chi connectivity index (χ3n) is 4.91. The molecular weight excluding hydrogens is 352 g/mol. The second-order valence-corrected chi connectivity index (χ2v) is 7.17. The predicted molar refractivity (Wildman–Crippen MR) is 113 cm³/mol. The molecule has 1 aromatic carbocycles. The second kappa shape index (κ2) is 12.8. The third kappa shape index (κ3) is 7.24. The summed E-state index contributed by atoms with van der Waals surface area (Å²) in [5.41, 5.74) is 10.3. The lowest BCUT2D eigenvalue weighted by Crippen LogP contribution is -2.29. The average molecular weight is 385 g/mol. The van der Waals surface area contributed by atoms with Crippen molar-refractivity contribution in [3.63, 3.8) is 0 Å². The number of hydrogen-bond acceptors (Lipinski definition) is 3. The zero-order chi connectivity index (χ0) is 20.0. The maximum absolute atomic E-state index is 12.4. The van der Waals surface area contributed by atoms with Crippen LogP contribution in [0.5, 0.6) is 0 Å².